The number of rotatable bonds is 6. The number of ether oxygens (including phenoxy) is 3. The third-order valence-corrected chi connectivity index (χ3v) is 5.76. The second kappa shape index (κ2) is 8.17. The molecule has 0 saturated carbocycles. The minimum Gasteiger partial charge on any atom is -0.468 e. The predicted molar refractivity (Wildman–Crippen MR) is 101 cm³/mol. The number of fused-ring (bicyclic) bond motifs is 3. The number of hydrogen-bond acceptors (Lipinski definition) is 6. The Morgan fingerprint density at radius 1 is 1.11 bits per heavy atom. The number of carbonyl (C=O) groups excluding carboxylic acids is 3. The zero-order chi connectivity index (χ0) is 20.3. The van der Waals surface area contributed by atoms with Crippen molar-refractivity contribution in [3.8, 4) is 0 Å². The maximum atomic E-state index is 12.7. The molecule has 28 heavy (non-hydrogen) atoms. The minimum absolute atomic E-state index is 0.169. The average molecular weight is 386 g/mol. The molecule has 0 unspecified atom stereocenters. The first kappa shape index (κ1) is 20.1. The van der Waals surface area contributed by atoms with E-state index in [4.69, 9.17) is 14.2 Å². The van der Waals surface area contributed by atoms with Crippen LogP contribution in [0.5, 0.6) is 0 Å². The first-order chi connectivity index (χ1) is 13.5. The summed E-state index contributed by atoms with van der Waals surface area (Å²) >= 11 is 0. The van der Waals surface area contributed by atoms with E-state index in [9.17, 15) is 14.4 Å². The lowest BCUT2D eigenvalue weighted by atomic mass is 9.65. The number of methoxy groups -OCH3 is 1. The largest absolute Gasteiger partial charge is 0.468 e. The summed E-state index contributed by atoms with van der Waals surface area (Å²) in [5.74, 6) is -3.10. The van der Waals surface area contributed by atoms with Gasteiger partial charge in [-0.25, -0.2) is 0 Å². The van der Waals surface area contributed by atoms with Gasteiger partial charge in [0.1, 0.15) is 0 Å². The molecule has 0 heterocycles. The van der Waals surface area contributed by atoms with Crippen LogP contribution in [0, 0.1) is 17.3 Å². The zero-order valence-electron chi connectivity index (χ0n) is 16.5. The van der Waals surface area contributed by atoms with Gasteiger partial charge in [-0.1, -0.05) is 36.4 Å². The average Bonchev–Trinajstić information content (AvgIpc) is 3.03. The molecule has 3 rings (SSSR count). The van der Waals surface area contributed by atoms with Gasteiger partial charge >= 0.3 is 17.9 Å². The summed E-state index contributed by atoms with van der Waals surface area (Å²) in [6, 6.07) is 7.90. The van der Waals surface area contributed by atoms with Gasteiger partial charge in [-0.3, -0.25) is 14.4 Å². The van der Waals surface area contributed by atoms with Gasteiger partial charge in [0.05, 0.1) is 25.7 Å². The van der Waals surface area contributed by atoms with Crippen LogP contribution >= 0.6 is 0 Å². The van der Waals surface area contributed by atoms with Crippen molar-refractivity contribution >= 4 is 17.9 Å². The Labute approximate surface area is 164 Å². The van der Waals surface area contributed by atoms with Gasteiger partial charge in [0, 0.05) is 11.8 Å². The number of hydrogen-bond donors (Lipinski definition) is 0. The van der Waals surface area contributed by atoms with Crippen LogP contribution in [0.3, 0.4) is 0 Å². The van der Waals surface area contributed by atoms with Crippen molar-refractivity contribution < 1.29 is 28.6 Å². The van der Waals surface area contributed by atoms with E-state index in [2.05, 4.69) is 0 Å². The third-order valence-electron chi connectivity index (χ3n) is 5.76. The van der Waals surface area contributed by atoms with Gasteiger partial charge in [-0.2, -0.15) is 0 Å². The quantitative estimate of drug-likeness (QED) is 0.324. The van der Waals surface area contributed by atoms with Gasteiger partial charge in [0.25, 0.3) is 0 Å². The predicted octanol–water partition coefficient (Wildman–Crippen LogP) is 2.80. The van der Waals surface area contributed by atoms with Crippen molar-refractivity contribution in [2.75, 3.05) is 20.3 Å². The van der Waals surface area contributed by atoms with Gasteiger partial charge in [-0.05, 0) is 37.8 Å². The number of carbonyl (C=O) groups is 3. The fourth-order valence-electron chi connectivity index (χ4n) is 4.54. The highest BCUT2D eigenvalue weighted by Gasteiger charge is 2.54. The van der Waals surface area contributed by atoms with E-state index in [-0.39, 0.29) is 25.1 Å². The van der Waals surface area contributed by atoms with Crippen LogP contribution < -0.4 is 0 Å². The van der Waals surface area contributed by atoms with E-state index in [0.29, 0.717) is 12.8 Å². The lowest BCUT2D eigenvalue weighted by molar-refractivity contribution is -0.164. The molecule has 6 heteroatoms. The molecule has 2 aliphatic rings. The van der Waals surface area contributed by atoms with Crippen LogP contribution in [0.4, 0.5) is 0 Å². The smallest absolute Gasteiger partial charge is 0.320 e. The second-order valence-electron chi connectivity index (χ2n) is 7.20. The van der Waals surface area contributed by atoms with E-state index < -0.39 is 29.2 Å². The molecular weight excluding hydrogens is 360 g/mol. The van der Waals surface area contributed by atoms with Crippen LogP contribution in [-0.4, -0.2) is 38.2 Å². The number of benzene rings is 1. The van der Waals surface area contributed by atoms with Gasteiger partial charge < -0.3 is 14.2 Å². The molecule has 2 aliphatic carbocycles. The second-order valence-corrected chi connectivity index (χ2v) is 7.20. The lowest BCUT2D eigenvalue weighted by Gasteiger charge is -2.37. The van der Waals surface area contributed by atoms with E-state index in [0.717, 1.165) is 11.1 Å². The Morgan fingerprint density at radius 2 is 1.75 bits per heavy atom. The van der Waals surface area contributed by atoms with Crippen molar-refractivity contribution in [3.63, 3.8) is 0 Å². The normalized spacial score (nSPS) is 25.0. The van der Waals surface area contributed by atoms with Crippen LogP contribution in [-0.2, 0) is 35.0 Å². The Bertz CT molecular complexity index is 780. The summed E-state index contributed by atoms with van der Waals surface area (Å²) in [7, 11) is 1.39. The molecule has 0 bridgehead atoms. The highest BCUT2D eigenvalue weighted by Crippen LogP contribution is 2.55. The van der Waals surface area contributed by atoms with Crippen LogP contribution in [0.1, 0.15) is 37.3 Å². The molecule has 6 nitrogen and oxygen atoms in total. The summed E-state index contributed by atoms with van der Waals surface area (Å²) in [6.07, 6.45) is 4.62. The van der Waals surface area contributed by atoms with E-state index >= 15 is 0 Å². The van der Waals surface area contributed by atoms with Crippen LogP contribution in [0.25, 0.3) is 0 Å². The van der Waals surface area contributed by atoms with E-state index in [1.807, 2.05) is 30.3 Å². The number of esters is 3. The molecule has 0 fully saturated rings. The first-order valence-corrected chi connectivity index (χ1v) is 9.67. The molecule has 1 aromatic carbocycles. The van der Waals surface area contributed by atoms with Gasteiger partial charge in [-0.15, -0.1) is 0 Å². The maximum absolute atomic E-state index is 12.7. The molecule has 0 aromatic heterocycles. The molecule has 150 valence electrons. The summed E-state index contributed by atoms with van der Waals surface area (Å²) in [4.78, 5) is 37.8. The number of allylic oxidation sites excluding steroid dienone is 1. The minimum atomic E-state index is -1.04. The molecule has 0 saturated heterocycles. The van der Waals surface area contributed by atoms with Crippen LogP contribution in [0.15, 0.2) is 36.4 Å². The van der Waals surface area contributed by atoms with Crippen molar-refractivity contribution in [2.45, 2.75) is 32.6 Å². The van der Waals surface area contributed by atoms with Crippen molar-refractivity contribution in [3.05, 3.63) is 47.5 Å². The molecule has 3 atom stereocenters. The lowest BCUT2D eigenvalue weighted by Crippen LogP contribution is -2.42. The summed E-state index contributed by atoms with van der Waals surface area (Å²) in [5.41, 5.74) is 1.35. The van der Waals surface area contributed by atoms with Crippen LogP contribution in [0.2, 0.25) is 0 Å². The van der Waals surface area contributed by atoms with E-state index in [1.165, 1.54) is 7.11 Å². The highest BCUT2D eigenvalue weighted by atomic mass is 16.6. The standard InChI is InChI=1S/C22H26O6/c1-4-27-19(23)18(20(24)28-5-2)14-10-11-22(21(25)26-3)13-15-8-6-7-9-16(15)17(22)12-14/h6-11,14,17-18H,4-5,12-13H2,1-3H3/t14-,17-,22-/m0/s1. The zero-order valence-corrected chi connectivity index (χ0v) is 16.5. The first-order valence-electron chi connectivity index (χ1n) is 9.67. The van der Waals surface area contributed by atoms with E-state index in [1.54, 1.807) is 19.9 Å². The van der Waals surface area contributed by atoms with Crippen molar-refractivity contribution in [2.24, 2.45) is 17.3 Å². The maximum Gasteiger partial charge on any atom is 0.320 e. The highest BCUT2D eigenvalue weighted by molar-refractivity contribution is 5.95. The fraction of sp³-hybridized carbons (Fsp3) is 0.500. The third kappa shape index (κ3) is 3.32. The summed E-state index contributed by atoms with van der Waals surface area (Å²) < 4.78 is 15.4. The Kier molecular flexibility index (Phi) is 5.87. The SMILES string of the molecule is CCOC(=O)C(C(=O)OCC)[C@H]1C=C[C@]2(C(=O)OC)Cc3ccccc3[C@@H]2C1. The summed E-state index contributed by atoms with van der Waals surface area (Å²) in [6.45, 7) is 3.77. The molecule has 0 radical (unpaired) electrons. The monoisotopic (exact) mass is 386 g/mol. The molecule has 0 spiro atoms. The molecule has 0 N–H and O–H groups in total. The Balaban J connectivity index is 2.00. The molecule has 1 aromatic rings. The van der Waals surface area contributed by atoms with Gasteiger partial charge in [0.15, 0.2) is 5.92 Å². The van der Waals surface area contributed by atoms with Gasteiger partial charge in [0.2, 0.25) is 0 Å². The molecule has 0 amide bonds. The summed E-state index contributed by atoms with van der Waals surface area (Å²) in [5, 5.41) is 0. The Hall–Kier alpha value is -2.63. The molecular formula is C22H26O6. The molecule has 0 aliphatic heterocycles. The van der Waals surface area contributed by atoms with Crippen molar-refractivity contribution in [1.29, 1.82) is 0 Å². The Morgan fingerprint density at radius 3 is 2.36 bits per heavy atom. The van der Waals surface area contributed by atoms with Crippen molar-refractivity contribution in [1.82, 2.24) is 0 Å². The fourth-order valence-corrected chi connectivity index (χ4v) is 4.54. The topological polar surface area (TPSA) is 78.9 Å².